The fraction of sp³-hybridized carbons (Fsp3) is 0.300. The molecule has 2 amide bonds. The van der Waals surface area contributed by atoms with E-state index in [1.165, 1.54) is 0 Å². The zero-order chi connectivity index (χ0) is 18.7. The smallest absolute Gasteiger partial charge is 0.267 e. The summed E-state index contributed by atoms with van der Waals surface area (Å²) in [5.74, 6) is 0.411. The lowest BCUT2D eigenvalue weighted by molar-refractivity contribution is -0.125. The first-order chi connectivity index (χ1) is 12.5. The topological polar surface area (TPSA) is 58.6 Å². The first-order valence-electron chi connectivity index (χ1n) is 8.57. The largest absolute Gasteiger partial charge is 0.479 e. The van der Waals surface area contributed by atoms with Crippen molar-refractivity contribution in [3.63, 3.8) is 0 Å². The lowest BCUT2D eigenvalue weighted by Crippen LogP contribution is -2.45. The molecular formula is C20H21ClN2O3. The van der Waals surface area contributed by atoms with Gasteiger partial charge in [-0.1, -0.05) is 35.9 Å². The molecule has 0 bridgehead atoms. The second-order valence-electron chi connectivity index (χ2n) is 6.31. The van der Waals surface area contributed by atoms with E-state index in [1.54, 1.807) is 24.0 Å². The Morgan fingerprint density at radius 3 is 2.65 bits per heavy atom. The van der Waals surface area contributed by atoms with Gasteiger partial charge in [0.1, 0.15) is 5.75 Å². The van der Waals surface area contributed by atoms with Gasteiger partial charge in [0, 0.05) is 18.0 Å². The fourth-order valence-electron chi connectivity index (χ4n) is 2.95. The van der Waals surface area contributed by atoms with Crippen LogP contribution < -0.4 is 15.0 Å². The van der Waals surface area contributed by atoms with Gasteiger partial charge in [0.05, 0.1) is 11.7 Å². The molecule has 0 radical (unpaired) electrons. The lowest BCUT2D eigenvalue weighted by atomic mass is 10.1. The molecule has 136 valence electrons. The van der Waals surface area contributed by atoms with Crippen LogP contribution in [0.5, 0.6) is 5.75 Å². The van der Waals surface area contributed by atoms with Crippen LogP contribution in [0.4, 0.5) is 5.69 Å². The Morgan fingerprint density at radius 2 is 1.92 bits per heavy atom. The quantitative estimate of drug-likeness (QED) is 0.870. The third-order valence-corrected chi connectivity index (χ3v) is 4.64. The summed E-state index contributed by atoms with van der Waals surface area (Å²) in [7, 11) is 0. The number of halogens is 1. The molecule has 0 spiro atoms. The standard InChI is InChI=1S/C20H21ClN2O3/c1-13(15-7-9-16(21)10-8-15)22-19(24)11-12-23-17-5-3-4-6-18(17)26-14(2)20(23)25/h3-10,13-14H,11-12H2,1-2H3,(H,22,24). The molecule has 26 heavy (non-hydrogen) atoms. The minimum absolute atomic E-state index is 0.114. The van der Waals surface area contributed by atoms with Crippen LogP contribution in [0.3, 0.4) is 0 Å². The molecule has 2 aromatic rings. The monoisotopic (exact) mass is 372 g/mol. The molecule has 2 atom stereocenters. The maximum Gasteiger partial charge on any atom is 0.267 e. The molecule has 3 rings (SSSR count). The SMILES string of the molecule is CC1Oc2ccccc2N(CCC(=O)NC(C)c2ccc(Cl)cc2)C1=O. The van der Waals surface area contributed by atoms with Crippen molar-refractivity contribution in [1.29, 1.82) is 0 Å². The number of fused-ring (bicyclic) bond motifs is 1. The Kier molecular flexibility index (Phi) is 5.47. The number of hydrogen-bond donors (Lipinski definition) is 1. The van der Waals surface area contributed by atoms with E-state index in [2.05, 4.69) is 5.32 Å². The zero-order valence-electron chi connectivity index (χ0n) is 14.7. The Bertz CT molecular complexity index is 807. The van der Waals surface area contributed by atoms with Gasteiger partial charge >= 0.3 is 0 Å². The fourth-order valence-corrected chi connectivity index (χ4v) is 3.08. The van der Waals surface area contributed by atoms with Gasteiger partial charge in [0.2, 0.25) is 5.91 Å². The lowest BCUT2D eigenvalue weighted by Gasteiger charge is -2.32. The first-order valence-corrected chi connectivity index (χ1v) is 8.95. The van der Waals surface area contributed by atoms with Gasteiger partial charge in [0.25, 0.3) is 5.91 Å². The molecule has 1 aliphatic heterocycles. The Balaban J connectivity index is 1.62. The molecule has 0 aromatic heterocycles. The summed E-state index contributed by atoms with van der Waals surface area (Å²) in [4.78, 5) is 26.4. The highest BCUT2D eigenvalue weighted by Crippen LogP contribution is 2.33. The maximum atomic E-state index is 12.4. The average Bonchev–Trinajstić information content (AvgIpc) is 2.62. The number of hydrogen-bond acceptors (Lipinski definition) is 3. The second-order valence-corrected chi connectivity index (χ2v) is 6.74. The Morgan fingerprint density at radius 1 is 1.23 bits per heavy atom. The van der Waals surface area contributed by atoms with Crippen LogP contribution in [-0.2, 0) is 9.59 Å². The van der Waals surface area contributed by atoms with Crippen molar-refractivity contribution in [2.45, 2.75) is 32.4 Å². The van der Waals surface area contributed by atoms with E-state index in [0.717, 1.165) is 5.56 Å². The molecule has 5 nitrogen and oxygen atoms in total. The van der Waals surface area contributed by atoms with Crippen LogP contribution in [0.1, 0.15) is 31.9 Å². The number of benzene rings is 2. The molecule has 1 heterocycles. The van der Waals surface area contributed by atoms with Crippen molar-refractivity contribution in [2.24, 2.45) is 0 Å². The third-order valence-electron chi connectivity index (χ3n) is 4.38. The van der Waals surface area contributed by atoms with Crippen molar-refractivity contribution in [3.05, 3.63) is 59.1 Å². The number of anilines is 1. The molecule has 1 aliphatic rings. The summed E-state index contributed by atoms with van der Waals surface area (Å²) in [6, 6.07) is 14.6. The van der Waals surface area contributed by atoms with Crippen LogP contribution in [0.15, 0.2) is 48.5 Å². The van der Waals surface area contributed by atoms with E-state index in [1.807, 2.05) is 43.3 Å². The van der Waals surface area contributed by atoms with Crippen LogP contribution in [0, 0.1) is 0 Å². The van der Waals surface area contributed by atoms with Gasteiger partial charge in [-0.05, 0) is 43.7 Å². The molecule has 2 unspecified atom stereocenters. The van der Waals surface area contributed by atoms with Crippen molar-refractivity contribution in [1.82, 2.24) is 5.32 Å². The van der Waals surface area contributed by atoms with Gasteiger partial charge < -0.3 is 15.0 Å². The predicted molar refractivity (Wildman–Crippen MR) is 102 cm³/mol. The number of nitrogens with zero attached hydrogens (tertiary/aromatic N) is 1. The second kappa shape index (κ2) is 7.79. The van der Waals surface area contributed by atoms with Crippen LogP contribution >= 0.6 is 11.6 Å². The first kappa shape index (κ1) is 18.3. The molecule has 0 fully saturated rings. The van der Waals surface area contributed by atoms with Crippen molar-refractivity contribution in [3.8, 4) is 5.75 Å². The number of amides is 2. The number of carbonyl (C=O) groups is 2. The van der Waals surface area contributed by atoms with Crippen molar-refractivity contribution >= 4 is 29.1 Å². The van der Waals surface area contributed by atoms with Gasteiger partial charge in [-0.2, -0.15) is 0 Å². The highest BCUT2D eigenvalue weighted by molar-refractivity contribution is 6.30. The highest BCUT2D eigenvalue weighted by Gasteiger charge is 2.31. The molecule has 6 heteroatoms. The summed E-state index contributed by atoms with van der Waals surface area (Å²) in [6.45, 7) is 3.94. The van der Waals surface area contributed by atoms with Crippen molar-refractivity contribution < 1.29 is 14.3 Å². The number of nitrogens with one attached hydrogen (secondary N) is 1. The summed E-state index contributed by atoms with van der Waals surface area (Å²) in [6.07, 6.45) is -0.342. The maximum absolute atomic E-state index is 12.4. The normalized spacial score (nSPS) is 17.3. The third kappa shape index (κ3) is 3.99. The number of para-hydroxylation sites is 2. The van der Waals surface area contributed by atoms with Gasteiger partial charge in [0.15, 0.2) is 6.10 Å². The van der Waals surface area contributed by atoms with Crippen LogP contribution in [0.25, 0.3) is 0 Å². The molecule has 1 N–H and O–H groups in total. The molecule has 0 saturated heterocycles. The minimum Gasteiger partial charge on any atom is -0.479 e. The number of carbonyl (C=O) groups excluding carboxylic acids is 2. The molecule has 2 aromatic carbocycles. The Labute approximate surface area is 157 Å². The number of ether oxygens (including phenoxy) is 1. The van der Waals surface area contributed by atoms with Gasteiger partial charge in [-0.15, -0.1) is 0 Å². The zero-order valence-corrected chi connectivity index (χ0v) is 15.5. The molecule has 0 aliphatic carbocycles. The summed E-state index contributed by atoms with van der Waals surface area (Å²) < 4.78 is 5.61. The van der Waals surface area contributed by atoms with E-state index in [-0.39, 0.29) is 24.3 Å². The summed E-state index contributed by atoms with van der Waals surface area (Å²) in [5, 5.41) is 3.61. The molecule has 0 saturated carbocycles. The predicted octanol–water partition coefficient (Wildman–Crippen LogP) is 3.72. The highest BCUT2D eigenvalue weighted by atomic mass is 35.5. The summed E-state index contributed by atoms with van der Waals surface area (Å²) in [5.41, 5.74) is 1.68. The van der Waals surface area contributed by atoms with E-state index in [9.17, 15) is 9.59 Å². The van der Waals surface area contributed by atoms with Crippen LogP contribution in [-0.4, -0.2) is 24.5 Å². The molecular weight excluding hydrogens is 352 g/mol. The van der Waals surface area contributed by atoms with E-state index in [4.69, 9.17) is 16.3 Å². The minimum atomic E-state index is -0.555. The number of rotatable bonds is 5. The Hall–Kier alpha value is -2.53. The van der Waals surface area contributed by atoms with Gasteiger partial charge in [-0.3, -0.25) is 9.59 Å². The van der Waals surface area contributed by atoms with E-state index in [0.29, 0.717) is 23.0 Å². The summed E-state index contributed by atoms with van der Waals surface area (Å²) >= 11 is 5.89. The van der Waals surface area contributed by atoms with Crippen molar-refractivity contribution in [2.75, 3.05) is 11.4 Å². The van der Waals surface area contributed by atoms with Gasteiger partial charge in [-0.25, -0.2) is 0 Å². The van der Waals surface area contributed by atoms with Crippen LogP contribution in [0.2, 0.25) is 5.02 Å². The van der Waals surface area contributed by atoms with E-state index >= 15 is 0 Å². The van der Waals surface area contributed by atoms with E-state index < -0.39 is 6.10 Å². The average molecular weight is 373 g/mol.